The molecule has 4 nitrogen and oxygen atoms in total. The van der Waals surface area contributed by atoms with Gasteiger partial charge in [-0.15, -0.1) is 0 Å². The van der Waals surface area contributed by atoms with Crippen LogP contribution in [0.5, 0.6) is 0 Å². The van der Waals surface area contributed by atoms with E-state index in [0.717, 1.165) is 22.3 Å². The molecule has 182 valence electrons. The second kappa shape index (κ2) is 10.9. The van der Waals surface area contributed by atoms with E-state index in [0.29, 0.717) is 0 Å². The van der Waals surface area contributed by atoms with Crippen molar-refractivity contribution in [3.05, 3.63) is 143 Å². The molecular formula is C31H28FNO3. The van der Waals surface area contributed by atoms with Crippen molar-refractivity contribution in [1.82, 2.24) is 4.90 Å². The number of benzene rings is 4. The molecule has 4 aromatic rings. The van der Waals surface area contributed by atoms with Crippen LogP contribution < -0.4 is 0 Å². The maximum atomic E-state index is 13.8. The monoisotopic (exact) mass is 481 g/mol. The number of carbonyl (C=O) groups is 1. The highest BCUT2D eigenvalue weighted by Crippen LogP contribution is 2.49. The van der Waals surface area contributed by atoms with E-state index in [1.807, 2.05) is 66.7 Å². The highest BCUT2D eigenvalue weighted by molar-refractivity contribution is 5.77. The molecular weight excluding hydrogens is 453 g/mol. The van der Waals surface area contributed by atoms with Gasteiger partial charge in [-0.3, -0.25) is 4.79 Å². The van der Waals surface area contributed by atoms with Crippen LogP contribution in [0.1, 0.15) is 47.6 Å². The van der Waals surface area contributed by atoms with E-state index in [9.17, 15) is 9.18 Å². The third-order valence-corrected chi connectivity index (χ3v) is 6.49. The molecule has 1 saturated heterocycles. The van der Waals surface area contributed by atoms with Crippen LogP contribution in [0.4, 0.5) is 4.39 Å². The highest BCUT2D eigenvalue weighted by Gasteiger charge is 2.51. The van der Waals surface area contributed by atoms with Crippen LogP contribution in [0.15, 0.2) is 115 Å². The summed E-state index contributed by atoms with van der Waals surface area (Å²) in [6.45, 7) is 2.04. The summed E-state index contributed by atoms with van der Waals surface area (Å²) in [5, 5.41) is 0. The molecule has 1 fully saturated rings. The number of hydrogen-bond donors (Lipinski definition) is 0. The highest BCUT2D eigenvalue weighted by atomic mass is 19.1. The predicted molar refractivity (Wildman–Crippen MR) is 136 cm³/mol. The molecule has 0 aromatic heterocycles. The van der Waals surface area contributed by atoms with Crippen molar-refractivity contribution >= 4 is 5.97 Å². The van der Waals surface area contributed by atoms with Crippen LogP contribution in [-0.4, -0.2) is 23.5 Å². The molecule has 0 aliphatic carbocycles. The molecule has 0 radical (unpaired) electrons. The van der Waals surface area contributed by atoms with Gasteiger partial charge in [-0.25, -0.2) is 9.29 Å². The average molecular weight is 482 g/mol. The van der Waals surface area contributed by atoms with Crippen LogP contribution >= 0.6 is 0 Å². The van der Waals surface area contributed by atoms with Crippen molar-refractivity contribution in [2.75, 3.05) is 6.61 Å². The van der Waals surface area contributed by atoms with E-state index in [-0.39, 0.29) is 24.4 Å². The van der Waals surface area contributed by atoms with Crippen LogP contribution in [0.25, 0.3) is 0 Å². The first-order valence-corrected chi connectivity index (χ1v) is 12.2. The van der Waals surface area contributed by atoms with Crippen molar-refractivity contribution in [2.24, 2.45) is 0 Å². The van der Waals surface area contributed by atoms with Gasteiger partial charge >= 0.3 is 5.97 Å². The van der Waals surface area contributed by atoms with Gasteiger partial charge in [-0.2, -0.15) is 0 Å². The van der Waals surface area contributed by atoms with Crippen molar-refractivity contribution in [2.45, 2.75) is 31.3 Å². The number of ether oxygens (including phenoxy) is 2. The van der Waals surface area contributed by atoms with E-state index in [1.54, 1.807) is 19.1 Å². The fourth-order valence-electron chi connectivity index (χ4n) is 4.94. The third kappa shape index (κ3) is 4.81. The molecule has 0 bridgehead atoms. The molecule has 0 saturated carbocycles. The second-order valence-corrected chi connectivity index (χ2v) is 8.74. The number of rotatable bonds is 7. The molecule has 5 rings (SSSR count). The Morgan fingerprint density at radius 3 is 1.86 bits per heavy atom. The number of esters is 1. The molecule has 1 heterocycles. The molecule has 0 spiro atoms. The number of nitrogens with zero attached hydrogens (tertiary/aromatic N) is 1. The molecule has 5 heteroatoms. The Morgan fingerprint density at radius 1 is 0.806 bits per heavy atom. The zero-order chi connectivity index (χ0) is 24.9. The zero-order valence-electron chi connectivity index (χ0n) is 20.0. The first-order valence-electron chi connectivity index (χ1n) is 12.2. The van der Waals surface area contributed by atoms with Crippen LogP contribution in [-0.2, 0) is 14.3 Å². The van der Waals surface area contributed by atoms with Gasteiger partial charge in [0.2, 0.25) is 0 Å². The lowest BCUT2D eigenvalue weighted by atomic mass is 9.93. The fraction of sp³-hybridized carbons (Fsp3) is 0.194. The zero-order valence-corrected chi connectivity index (χ0v) is 20.0. The summed E-state index contributed by atoms with van der Waals surface area (Å²) in [4.78, 5) is 15.7. The molecule has 1 aliphatic rings. The fourth-order valence-corrected chi connectivity index (χ4v) is 4.94. The molecule has 0 amide bonds. The lowest BCUT2D eigenvalue weighted by Crippen LogP contribution is -2.43. The van der Waals surface area contributed by atoms with Gasteiger partial charge in [0.15, 0.2) is 0 Å². The van der Waals surface area contributed by atoms with Crippen molar-refractivity contribution < 1.29 is 18.7 Å². The van der Waals surface area contributed by atoms with E-state index in [4.69, 9.17) is 9.47 Å². The normalized spacial score (nSPS) is 19.9. The molecule has 1 aliphatic heterocycles. The molecule has 4 aromatic carbocycles. The lowest BCUT2D eigenvalue weighted by molar-refractivity contribution is -0.150. The SMILES string of the molecule is CCOC(=O)C1C(c2ccc(F)cc2)OC(c2ccccc2)N1C(c1ccccc1)c1ccccc1. The minimum absolute atomic E-state index is 0.247. The average Bonchev–Trinajstić information content (AvgIpc) is 3.31. The first-order chi connectivity index (χ1) is 17.7. The van der Waals surface area contributed by atoms with Crippen molar-refractivity contribution in [1.29, 1.82) is 0 Å². The second-order valence-electron chi connectivity index (χ2n) is 8.74. The molecule has 36 heavy (non-hydrogen) atoms. The Morgan fingerprint density at radius 2 is 1.33 bits per heavy atom. The predicted octanol–water partition coefficient (Wildman–Crippen LogP) is 6.62. The molecule has 3 unspecified atom stereocenters. The smallest absolute Gasteiger partial charge is 0.326 e. The van der Waals surface area contributed by atoms with Gasteiger partial charge in [-0.1, -0.05) is 103 Å². The van der Waals surface area contributed by atoms with E-state index in [2.05, 4.69) is 29.2 Å². The minimum atomic E-state index is -0.758. The number of hydrogen-bond acceptors (Lipinski definition) is 4. The number of halogens is 1. The summed E-state index contributed by atoms with van der Waals surface area (Å²) < 4.78 is 26.1. The summed E-state index contributed by atoms with van der Waals surface area (Å²) >= 11 is 0. The Bertz CT molecular complexity index is 1230. The van der Waals surface area contributed by atoms with Gasteiger partial charge in [0, 0.05) is 0 Å². The molecule has 0 N–H and O–H groups in total. The quantitative estimate of drug-likeness (QED) is 0.278. The van der Waals surface area contributed by atoms with E-state index in [1.165, 1.54) is 12.1 Å². The van der Waals surface area contributed by atoms with Gasteiger partial charge in [0.25, 0.3) is 0 Å². The summed E-state index contributed by atoms with van der Waals surface area (Å²) in [5.41, 5.74) is 3.70. The maximum absolute atomic E-state index is 13.8. The summed E-state index contributed by atoms with van der Waals surface area (Å²) in [5.74, 6) is -0.713. The maximum Gasteiger partial charge on any atom is 0.326 e. The minimum Gasteiger partial charge on any atom is -0.465 e. The topological polar surface area (TPSA) is 38.8 Å². The van der Waals surface area contributed by atoms with Gasteiger partial charge in [0.05, 0.1) is 12.6 Å². The third-order valence-electron chi connectivity index (χ3n) is 6.49. The largest absolute Gasteiger partial charge is 0.465 e. The summed E-state index contributed by atoms with van der Waals surface area (Å²) in [7, 11) is 0. The van der Waals surface area contributed by atoms with Gasteiger partial charge < -0.3 is 9.47 Å². The van der Waals surface area contributed by atoms with Gasteiger partial charge in [0.1, 0.15) is 24.2 Å². The van der Waals surface area contributed by atoms with Gasteiger partial charge in [-0.05, 0) is 41.3 Å². The summed E-state index contributed by atoms with van der Waals surface area (Å²) in [6.07, 6.45) is -1.19. The van der Waals surface area contributed by atoms with Crippen LogP contribution in [0.2, 0.25) is 0 Å². The van der Waals surface area contributed by atoms with Crippen LogP contribution in [0.3, 0.4) is 0 Å². The summed E-state index contributed by atoms with van der Waals surface area (Å²) in [6, 6.07) is 35.2. The van der Waals surface area contributed by atoms with E-state index < -0.39 is 18.4 Å². The van der Waals surface area contributed by atoms with Crippen molar-refractivity contribution in [3.8, 4) is 0 Å². The van der Waals surface area contributed by atoms with Crippen LogP contribution in [0, 0.1) is 5.82 Å². The Kier molecular flexibility index (Phi) is 7.21. The van der Waals surface area contributed by atoms with Crippen molar-refractivity contribution in [3.63, 3.8) is 0 Å². The van der Waals surface area contributed by atoms with E-state index >= 15 is 0 Å². The number of carbonyl (C=O) groups excluding carboxylic acids is 1. The lowest BCUT2D eigenvalue weighted by Gasteiger charge is -2.36. The Labute approximate surface area is 210 Å². The Balaban J connectivity index is 1.71. The standard InChI is InChI=1S/C31H28FNO3/c1-2-35-31(34)28-29(24-18-20-26(32)21-19-24)36-30(25-16-10-5-11-17-25)33(28)27(22-12-6-3-7-13-22)23-14-8-4-9-15-23/h3-21,27-30H,2H2,1H3. The Hall–Kier alpha value is -3.80. The first kappa shape index (κ1) is 23.9. The molecule has 3 atom stereocenters.